The predicted octanol–water partition coefficient (Wildman–Crippen LogP) is 1.02. The van der Waals surface area contributed by atoms with E-state index < -0.39 is 5.97 Å². The van der Waals surface area contributed by atoms with Crippen LogP contribution in [0.5, 0.6) is 0 Å². The molecule has 1 N–H and O–H groups in total. The van der Waals surface area contributed by atoms with Crippen LogP contribution in [0.2, 0.25) is 0 Å². The maximum atomic E-state index is 10.8. The first kappa shape index (κ1) is 11.4. The molecular formula is C12H13N3O2. The lowest BCUT2D eigenvalue weighted by Crippen LogP contribution is -2.28. The second-order valence-corrected chi connectivity index (χ2v) is 4.08. The van der Waals surface area contributed by atoms with Crippen molar-refractivity contribution in [3.05, 3.63) is 18.0 Å². The first-order chi connectivity index (χ1) is 8.20. The van der Waals surface area contributed by atoms with Gasteiger partial charge in [0, 0.05) is 12.7 Å². The minimum Gasteiger partial charge on any atom is -0.477 e. The number of anilines is 1. The van der Waals surface area contributed by atoms with Crippen molar-refractivity contribution in [1.82, 2.24) is 9.97 Å². The van der Waals surface area contributed by atoms with Crippen LogP contribution in [-0.2, 0) is 0 Å². The van der Waals surface area contributed by atoms with Gasteiger partial charge in [-0.05, 0) is 24.8 Å². The summed E-state index contributed by atoms with van der Waals surface area (Å²) in [6.45, 7) is 1.20. The number of carbonyl (C=O) groups is 1. The highest BCUT2D eigenvalue weighted by atomic mass is 16.4. The lowest BCUT2D eigenvalue weighted by molar-refractivity contribution is 0.0690. The molecule has 0 atom stereocenters. The van der Waals surface area contributed by atoms with Gasteiger partial charge in [0.25, 0.3) is 0 Å². The predicted molar refractivity (Wildman–Crippen MR) is 62.8 cm³/mol. The van der Waals surface area contributed by atoms with Crippen molar-refractivity contribution < 1.29 is 9.90 Å². The zero-order valence-corrected chi connectivity index (χ0v) is 9.33. The molecule has 0 bridgehead atoms. The number of aromatic nitrogens is 2. The second-order valence-electron chi connectivity index (χ2n) is 4.08. The van der Waals surface area contributed by atoms with E-state index in [1.165, 1.54) is 25.1 Å². The van der Waals surface area contributed by atoms with E-state index in [9.17, 15) is 4.79 Å². The Morgan fingerprint density at radius 3 is 3.00 bits per heavy atom. The van der Waals surface area contributed by atoms with Gasteiger partial charge in [0.1, 0.15) is 0 Å². The zero-order chi connectivity index (χ0) is 12.3. The molecule has 0 saturated heterocycles. The van der Waals surface area contributed by atoms with E-state index >= 15 is 0 Å². The van der Waals surface area contributed by atoms with Gasteiger partial charge in [-0.2, -0.15) is 0 Å². The summed E-state index contributed by atoms with van der Waals surface area (Å²) in [5.74, 6) is 2.53. The molecule has 1 aromatic rings. The van der Waals surface area contributed by atoms with Gasteiger partial charge in [-0.15, -0.1) is 6.42 Å². The molecule has 1 aliphatic rings. The van der Waals surface area contributed by atoms with Gasteiger partial charge >= 0.3 is 5.97 Å². The third-order valence-electron chi connectivity index (χ3n) is 2.60. The molecule has 0 aliphatic heterocycles. The van der Waals surface area contributed by atoms with E-state index in [0.29, 0.717) is 18.4 Å². The number of hydrogen-bond acceptors (Lipinski definition) is 4. The van der Waals surface area contributed by atoms with E-state index in [1.807, 2.05) is 4.90 Å². The van der Waals surface area contributed by atoms with Crippen molar-refractivity contribution in [3.8, 4) is 12.3 Å². The minimum atomic E-state index is -1.05. The average Bonchev–Trinajstić information content (AvgIpc) is 3.12. The van der Waals surface area contributed by atoms with E-state index in [-0.39, 0.29) is 5.69 Å². The largest absolute Gasteiger partial charge is 0.477 e. The monoisotopic (exact) mass is 231 g/mol. The molecule has 17 heavy (non-hydrogen) atoms. The molecule has 1 aromatic heterocycles. The van der Waals surface area contributed by atoms with Crippen molar-refractivity contribution in [2.24, 2.45) is 5.92 Å². The molecule has 0 radical (unpaired) electrons. The van der Waals surface area contributed by atoms with Gasteiger partial charge in [0.2, 0.25) is 5.95 Å². The minimum absolute atomic E-state index is 0.00665. The van der Waals surface area contributed by atoms with Gasteiger partial charge in [0.15, 0.2) is 5.69 Å². The van der Waals surface area contributed by atoms with Gasteiger partial charge < -0.3 is 10.0 Å². The molecule has 88 valence electrons. The highest BCUT2D eigenvalue weighted by Gasteiger charge is 2.25. The summed E-state index contributed by atoms with van der Waals surface area (Å²) in [5, 5.41) is 8.87. The Bertz CT molecular complexity index is 463. The molecule has 2 rings (SSSR count). The SMILES string of the molecule is C#CCN(CC1CC1)c1nccc(C(=O)O)n1. The summed E-state index contributed by atoms with van der Waals surface area (Å²) < 4.78 is 0. The third-order valence-corrected chi connectivity index (χ3v) is 2.60. The Morgan fingerprint density at radius 2 is 2.41 bits per heavy atom. The van der Waals surface area contributed by atoms with E-state index in [1.54, 1.807) is 0 Å². The van der Waals surface area contributed by atoms with Crippen LogP contribution in [0.4, 0.5) is 5.95 Å². The second kappa shape index (κ2) is 4.83. The number of carboxylic acids is 1. The number of carboxylic acid groups (broad SMARTS) is 1. The van der Waals surface area contributed by atoms with Gasteiger partial charge in [-0.25, -0.2) is 14.8 Å². The maximum absolute atomic E-state index is 10.8. The van der Waals surface area contributed by atoms with Gasteiger partial charge in [-0.3, -0.25) is 0 Å². The molecule has 1 saturated carbocycles. The van der Waals surface area contributed by atoms with E-state index in [4.69, 9.17) is 11.5 Å². The van der Waals surface area contributed by atoms with Crippen LogP contribution in [0, 0.1) is 18.3 Å². The fourth-order valence-electron chi connectivity index (χ4n) is 1.56. The Labute approximate surface area is 99.5 Å². The maximum Gasteiger partial charge on any atom is 0.354 e. The Morgan fingerprint density at radius 1 is 1.65 bits per heavy atom. The molecule has 5 heteroatoms. The van der Waals surface area contributed by atoms with Crippen molar-refractivity contribution >= 4 is 11.9 Å². The van der Waals surface area contributed by atoms with Crippen LogP contribution < -0.4 is 4.90 Å². The lowest BCUT2D eigenvalue weighted by Gasteiger charge is -2.19. The molecule has 5 nitrogen and oxygen atoms in total. The molecule has 0 amide bonds. The summed E-state index contributed by atoms with van der Waals surface area (Å²) in [4.78, 5) is 20.7. The van der Waals surface area contributed by atoms with E-state index in [2.05, 4.69) is 15.9 Å². The smallest absolute Gasteiger partial charge is 0.354 e. The van der Waals surface area contributed by atoms with Crippen molar-refractivity contribution in [3.63, 3.8) is 0 Å². The zero-order valence-electron chi connectivity index (χ0n) is 9.33. The van der Waals surface area contributed by atoms with Crippen LogP contribution in [0.25, 0.3) is 0 Å². The van der Waals surface area contributed by atoms with Crippen LogP contribution >= 0.6 is 0 Å². The molecule has 1 aliphatic carbocycles. The Balaban J connectivity index is 2.18. The first-order valence-electron chi connectivity index (χ1n) is 5.45. The number of aromatic carboxylic acids is 1. The topological polar surface area (TPSA) is 66.3 Å². The molecule has 0 aromatic carbocycles. The van der Waals surface area contributed by atoms with Crippen molar-refractivity contribution in [1.29, 1.82) is 0 Å². The summed E-state index contributed by atoms with van der Waals surface area (Å²) in [6.07, 6.45) is 9.13. The summed E-state index contributed by atoms with van der Waals surface area (Å²) >= 11 is 0. The molecule has 1 fully saturated rings. The molecule has 1 heterocycles. The van der Waals surface area contributed by atoms with Crippen LogP contribution in [0.3, 0.4) is 0 Å². The summed E-state index contributed by atoms with van der Waals surface area (Å²) in [6, 6.07) is 1.37. The summed E-state index contributed by atoms with van der Waals surface area (Å²) in [5.41, 5.74) is -0.00665. The van der Waals surface area contributed by atoms with E-state index in [0.717, 1.165) is 6.54 Å². The highest BCUT2D eigenvalue weighted by Crippen LogP contribution is 2.30. The average molecular weight is 231 g/mol. The van der Waals surface area contributed by atoms with Gasteiger partial charge in [-0.1, -0.05) is 5.92 Å². The van der Waals surface area contributed by atoms with Crippen LogP contribution in [0.1, 0.15) is 23.3 Å². The standard InChI is InChI=1S/C12H13N3O2/c1-2-7-15(8-9-3-4-9)12-13-6-5-10(14-12)11(16)17/h1,5-6,9H,3-4,7-8H2,(H,16,17). The first-order valence-corrected chi connectivity index (χ1v) is 5.45. The normalized spacial score (nSPS) is 14.1. The van der Waals surface area contributed by atoms with Crippen LogP contribution in [0.15, 0.2) is 12.3 Å². The Hall–Kier alpha value is -2.09. The van der Waals surface area contributed by atoms with Gasteiger partial charge in [0.05, 0.1) is 6.54 Å². The summed E-state index contributed by atoms with van der Waals surface area (Å²) in [7, 11) is 0. The fourth-order valence-corrected chi connectivity index (χ4v) is 1.56. The third kappa shape index (κ3) is 2.94. The number of terminal acetylenes is 1. The lowest BCUT2D eigenvalue weighted by atomic mass is 10.3. The van der Waals surface area contributed by atoms with Crippen molar-refractivity contribution in [2.45, 2.75) is 12.8 Å². The van der Waals surface area contributed by atoms with Crippen molar-refractivity contribution in [2.75, 3.05) is 18.0 Å². The molecule has 0 unspecified atom stereocenters. The quantitative estimate of drug-likeness (QED) is 0.766. The highest BCUT2D eigenvalue weighted by molar-refractivity contribution is 5.85. The molecular weight excluding hydrogens is 218 g/mol. The number of hydrogen-bond donors (Lipinski definition) is 1. The number of nitrogens with zero attached hydrogens (tertiary/aromatic N) is 3. The molecule has 0 spiro atoms. The fraction of sp³-hybridized carbons (Fsp3) is 0.417. The Kier molecular flexibility index (Phi) is 3.24. The van der Waals surface area contributed by atoms with Crippen LogP contribution in [-0.4, -0.2) is 34.1 Å². The number of rotatable bonds is 5.